The molecule has 5 heteroatoms. The van der Waals surface area contributed by atoms with Gasteiger partial charge in [0.15, 0.2) is 0 Å². The highest BCUT2D eigenvalue weighted by atomic mass is 79.9. The normalized spacial score (nSPS) is 12.4. The van der Waals surface area contributed by atoms with Crippen molar-refractivity contribution in [2.24, 2.45) is 0 Å². The molecule has 0 aliphatic heterocycles. The zero-order valence-electron chi connectivity index (χ0n) is 10.8. The van der Waals surface area contributed by atoms with Crippen LogP contribution >= 0.6 is 27.5 Å². The third-order valence-electron chi connectivity index (χ3n) is 3.16. The van der Waals surface area contributed by atoms with Crippen molar-refractivity contribution in [3.63, 3.8) is 0 Å². The van der Waals surface area contributed by atoms with Crippen molar-refractivity contribution in [3.8, 4) is 0 Å². The van der Waals surface area contributed by atoms with E-state index in [1.807, 2.05) is 0 Å². The molecule has 1 atom stereocenters. The quantitative estimate of drug-likeness (QED) is 0.819. The van der Waals surface area contributed by atoms with Crippen LogP contribution in [0.5, 0.6) is 0 Å². The highest BCUT2D eigenvalue weighted by Gasteiger charge is 2.18. The highest BCUT2D eigenvalue weighted by molar-refractivity contribution is 9.10. The summed E-state index contributed by atoms with van der Waals surface area (Å²) in [6, 6.07) is 9.01. The summed E-state index contributed by atoms with van der Waals surface area (Å²) in [5.41, 5.74) is 0.867. The number of likely N-dealkylation sites (N-methyl/N-ethyl adjacent to an activating group) is 1. The maximum atomic E-state index is 14.0. The van der Waals surface area contributed by atoms with Crippen LogP contribution in [0.2, 0.25) is 5.02 Å². The molecule has 2 rings (SSSR count). The molecule has 0 heterocycles. The average molecular weight is 361 g/mol. The Labute approximate surface area is 130 Å². The molecule has 1 unspecified atom stereocenters. The minimum absolute atomic E-state index is 0.278. The number of halogens is 4. The van der Waals surface area contributed by atoms with Gasteiger partial charge in [-0.1, -0.05) is 39.7 Å². The second-order valence-corrected chi connectivity index (χ2v) is 5.73. The minimum Gasteiger partial charge on any atom is -0.313 e. The molecule has 106 valence electrons. The zero-order valence-corrected chi connectivity index (χ0v) is 13.1. The van der Waals surface area contributed by atoms with E-state index >= 15 is 0 Å². The van der Waals surface area contributed by atoms with Crippen LogP contribution in [0.25, 0.3) is 0 Å². The van der Waals surface area contributed by atoms with Gasteiger partial charge in [0.1, 0.15) is 11.6 Å². The highest BCUT2D eigenvalue weighted by Crippen LogP contribution is 2.28. The molecule has 0 aliphatic carbocycles. The molecule has 0 saturated carbocycles. The van der Waals surface area contributed by atoms with Gasteiger partial charge in [0.05, 0.1) is 0 Å². The number of nitrogens with one attached hydrogen (secondary N) is 1. The molecule has 0 bridgehead atoms. The fraction of sp³-hybridized carbons (Fsp3) is 0.200. The molecule has 0 radical (unpaired) electrons. The van der Waals surface area contributed by atoms with Crippen LogP contribution in [-0.2, 0) is 6.42 Å². The van der Waals surface area contributed by atoms with Crippen LogP contribution in [0.3, 0.4) is 0 Å². The Hall–Kier alpha value is -0.970. The Bertz CT molecular complexity index is 599. The van der Waals surface area contributed by atoms with E-state index in [1.54, 1.807) is 31.3 Å². The van der Waals surface area contributed by atoms with Gasteiger partial charge >= 0.3 is 0 Å². The molecule has 1 N–H and O–H groups in total. The maximum Gasteiger partial charge on any atom is 0.129 e. The summed E-state index contributed by atoms with van der Waals surface area (Å²) in [7, 11) is 1.71. The van der Waals surface area contributed by atoms with Crippen LogP contribution in [0.1, 0.15) is 17.2 Å². The van der Waals surface area contributed by atoms with E-state index in [2.05, 4.69) is 21.2 Å². The van der Waals surface area contributed by atoms with E-state index in [1.165, 1.54) is 12.1 Å². The lowest BCUT2D eigenvalue weighted by molar-refractivity contribution is 0.519. The second-order valence-electron chi connectivity index (χ2n) is 4.41. The Kier molecular flexibility index (Phi) is 5.13. The van der Waals surface area contributed by atoms with E-state index < -0.39 is 0 Å². The molecule has 0 fully saturated rings. The summed E-state index contributed by atoms with van der Waals surface area (Å²) in [5.74, 6) is -0.721. The van der Waals surface area contributed by atoms with Gasteiger partial charge in [-0.25, -0.2) is 8.78 Å². The minimum atomic E-state index is -0.379. The summed E-state index contributed by atoms with van der Waals surface area (Å²) in [6.07, 6.45) is 0.278. The van der Waals surface area contributed by atoms with E-state index in [4.69, 9.17) is 11.6 Å². The summed E-state index contributed by atoms with van der Waals surface area (Å²) < 4.78 is 28.5. The predicted molar refractivity (Wildman–Crippen MR) is 81.0 cm³/mol. The van der Waals surface area contributed by atoms with E-state index in [9.17, 15) is 8.78 Å². The van der Waals surface area contributed by atoms with Crippen molar-refractivity contribution < 1.29 is 8.78 Å². The van der Waals surface area contributed by atoms with E-state index in [0.717, 1.165) is 0 Å². The lowest BCUT2D eigenvalue weighted by Crippen LogP contribution is -2.20. The van der Waals surface area contributed by atoms with Crippen molar-refractivity contribution in [3.05, 3.63) is 68.7 Å². The van der Waals surface area contributed by atoms with Crippen molar-refractivity contribution in [2.75, 3.05) is 7.05 Å². The molecular formula is C15H13BrClF2N. The van der Waals surface area contributed by atoms with Crippen molar-refractivity contribution in [2.45, 2.75) is 12.5 Å². The van der Waals surface area contributed by atoms with Crippen molar-refractivity contribution in [1.29, 1.82) is 0 Å². The van der Waals surface area contributed by atoms with Gasteiger partial charge in [-0.3, -0.25) is 0 Å². The van der Waals surface area contributed by atoms with E-state index in [0.29, 0.717) is 20.6 Å². The lowest BCUT2D eigenvalue weighted by Gasteiger charge is -2.18. The summed E-state index contributed by atoms with van der Waals surface area (Å²) in [4.78, 5) is 0. The third kappa shape index (κ3) is 3.37. The predicted octanol–water partition coefficient (Wildman–Crippen LogP) is 4.88. The van der Waals surface area contributed by atoms with Crippen LogP contribution < -0.4 is 5.32 Å². The first kappa shape index (κ1) is 15.4. The van der Waals surface area contributed by atoms with Gasteiger partial charge in [-0.2, -0.15) is 0 Å². The third-order valence-corrected chi connectivity index (χ3v) is 4.00. The Morgan fingerprint density at radius 3 is 2.55 bits per heavy atom. The van der Waals surface area contributed by atoms with Crippen LogP contribution in [0, 0.1) is 11.6 Å². The topological polar surface area (TPSA) is 12.0 Å². The molecule has 2 aromatic rings. The second kappa shape index (κ2) is 6.66. The van der Waals surface area contributed by atoms with Crippen LogP contribution in [-0.4, -0.2) is 7.05 Å². The Balaban J connectivity index is 2.34. The van der Waals surface area contributed by atoms with Gasteiger partial charge in [0.25, 0.3) is 0 Å². The zero-order chi connectivity index (χ0) is 14.7. The van der Waals surface area contributed by atoms with Gasteiger partial charge in [-0.15, -0.1) is 0 Å². The summed E-state index contributed by atoms with van der Waals surface area (Å²) in [5, 5.41) is 3.35. The van der Waals surface area contributed by atoms with E-state index in [-0.39, 0.29) is 24.1 Å². The molecule has 0 aliphatic rings. The fourth-order valence-electron chi connectivity index (χ4n) is 2.08. The molecule has 0 amide bonds. The lowest BCUT2D eigenvalue weighted by atomic mass is 9.98. The first-order chi connectivity index (χ1) is 9.52. The Morgan fingerprint density at radius 2 is 1.95 bits per heavy atom. The van der Waals surface area contributed by atoms with Crippen LogP contribution in [0.4, 0.5) is 8.78 Å². The molecule has 0 aromatic heterocycles. The van der Waals surface area contributed by atoms with Gasteiger partial charge < -0.3 is 5.32 Å². The molecule has 0 saturated heterocycles. The number of rotatable bonds is 4. The van der Waals surface area contributed by atoms with Crippen molar-refractivity contribution in [1.82, 2.24) is 5.32 Å². The van der Waals surface area contributed by atoms with Gasteiger partial charge in [-0.05, 0) is 37.7 Å². The molecule has 2 aromatic carbocycles. The molecular weight excluding hydrogens is 348 g/mol. The van der Waals surface area contributed by atoms with Crippen LogP contribution in [0.15, 0.2) is 40.9 Å². The summed E-state index contributed by atoms with van der Waals surface area (Å²) >= 11 is 9.23. The molecule has 1 nitrogen and oxygen atoms in total. The molecule has 20 heavy (non-hydrogen) atoms. The Morgan fingerprint density at radius 1 is 1.20 bits per heavy atom. The SMILES string of the molecule is CNC(Cc1c(F)cccc1Cl)c1ccc(Br)cc1F. The smallest absolute Gasteiger partial charge is 0.129 e. The number of hydrogen-bond donors (Lipinski definition) is 1. The largest absolute Gasteiger partial charge is 0.313 e. The fourth-order valence-corrected chi connectivity index (χ4v) is 2.66. The maximum absolute atomic E-state index is 14.0. The first-order valence-electron chi connectivity index (χ1n) is 6.08. The number of benzene rings is 2. The average Bonchev–Trinajstić information content (AvgIpc) is 2.40. The van der Waals surface area contributed by atoms with Gasteiger partial charge in [0, 0.05) is 26.7 Å². The standard InChI is InChI=1S/C15H13BrClF2N/c1-20-15(10-6-5-9(16)7-14(10)19)8-11-12(17)3-2-4-13(11)18/h2-7,15,20H,8H2,1H3. The molecule has 0 spiro atoms. The monoisotopic (exact) mass is 359 g/mol. The summed E-state index contributed by atoms with van der Waals surface area (Å²) in [6.45, 7) is 0. The number of hydrogen-bond acceptors (Lipinski definition) is 1. The van der Waals surface area contributed by atoms with Gasteiger partial charge in [0.2, 0.25) is 0 Å². The first-order valence-corrected chi connectivity index (χ1v) is 7.25. The van der Waals surface area contributed by atoms with Crippen molar-refractivity contribution >= 4 is 27.5 Å².